The first-order valence-electron chi connectivity index (χ1n) is 9.80. The van der Waals surface area contributed by atoms with Crippen LogP contribution in [0, 0.1) is 16.0 Å². The zero-order valence-corrected chi connectivity index (χ0v) is 16.9. The number of nitro groups is 1. The molecule has 1 heterocycles. The van der Waals surface area contributed by atoms with Crippen LogP contribution in [0.15, 0.2) is 48.6 Å². The van der Waals surface area contributed by atoms with Gasteiger partial charge in [0.1, 0.15) is 12.4 Å². The lowest BCUT2D eigenvalue weighted by molar-refractivity contribution is -0.384. The summed E-state index contributed by atoms with van der Waals surface area (Å²) >= 11 is 6.48. The van der Waals surface area contributed by atoms with Gasteiger partial charge in [0.25, 0.3) is 5.69 Å². The van der Waals surface area contributed by atoms with E-state index < -0.39 is 0 Å². The lowest BCUT2D eigenvalue weighted by atomic mass is 9.77. The highest BCUT2D eigenvalue weighted by Crippen LogP contribution is 2.53. The number of nitrogens with zero attached hydrogens (tertiary/aromatic N) is 1. The largest absolute Gasteiger partial charge is 0.489 e. The summed E-state index contributed by atoms with van der Waals surface area (Å²) in [6.07, 6.45) is 5.27. The highest BCUT2D eigenvalue weighted by Gasteiger charge is 2.40. The van der Waals surface area contributed by atoms with Crippen molar-refractivity contribution in [3.8, 4) is 5.75 Å². The number of ether oxygens (including phenoxy) is 2. The van der Waals surface area contributed by atoms with E-state index in [0.29, 0.717) is 24.8 Å². The van der Waals surface area contributed by atoms with Crippen LogP contribution < -0.4 is 10.1 Å². The Bertz CT molecular complexity index is 946. The highest BCUT2D eigenvalue weighted by atomic mass is 35.5. The summed E-state index contributed by atoms with van der Waals surface area (Å²) in [7, 11) is 0. The number of hydrogen-bond donors (Lipinski definition) is 1. The van der Waals surface area contributed by atoms with Crippen LogP contribution >= 0.6 is 11.6 Å². The molecule has 0 fully saturated rings. The van der Waals surface area contributed by atoms with Gasteiger partial charge in [-0.15, -0.1) is 0 Å². The number of rotatable bonds is 7. The normalized spacial score (nSPS) is 21.9. The molecule has 4 rings (SSSR count). The predicted molar refractivity (Wildman–Crippen MR) is 113 cm³/mol. The molecule has 2 aromatic carbocycles. The van der Waals surface area contributed by atoms with Gasteiger partial charge in [0.15, 0.2) is 0 Å². The van der Waals surface area contributed by atoms with Crippen LogP contribution in [-0.2, 0) is 4.74 Å². The molecule has 2 aromatic rings. The van der Waals surface area contributed by atoms with E-state index in [1.807, 2.05) is 19.1 Å². The molecule has 2 aliphatic rings. The summed E-state index contributed by atoms with van der Waals surface area (Å²) < 4.78 is 11.4. The van der Waals surface area contributed by atoms with Crippen molar-refractivity contribution in [2.24, 2.45) is 5.92 Å². The van der Waals surface area contributed by atoms with Gasteiger partial charge in [-0.05, 0) is 37.0 Å². The minimum absolute atomic E-state index is 0.0424. The summed E-state index contributed by atoms with van der Waals surface area (Å²) in [5, 5.41) is 15.4. The van der Waals surface area contributed by atoms with E-state index in [1.165, 1.54) is 11.6 Å². The number of nitrogens with one attached hydrogen (secondary N) is 1. The van der Waals surface area contributed by atoms with Crippen molar-refractivity contribution in [3.63, 3.8) is 0 Å². The first-order valence-corrected chi connectivity index (χ1v) is 10.2. The number of non-ortho nitro benzene ring substituents is 1. The third kappa shape index (κ3) is 3.82. The number of benzene rings is 2. The fourth-order valence-electron chi connectivity index (χ4n) is 4.26. The van der Waals surface area contributed by atoms with E-state index in [2.05, 4.69) is 23.5 Å². The van der Waals surface area contributed by atoms with Gasteiger partial charge in [-0.25, -0.2) is 0 Å². The van der Waals surface area contributed by atoms with Crippen LogP contribution in [0.25, 0.3) is 0 Å². The van der Waals surface area contributed by atoms with E-state index in [0.717, 1.165) is 23.4 Å². The van der Waals surface area contributed by atoms with Crippen LogP contribution in [0.4, 0.5) is 11.4 Å². The fourth-order valence-corrected chi connectivity index (χ4v) is 4.49. The Morgan fingerprint density at radius 2 is 2.10 bits per heavy atom. The summed E-state index contributed by atoms with van der Waals surface area (Å²) in [5.41, 5.74) is 2.88. The third-order valence-electron chi connectivity index (χ3n) is 5.57. The highest BCUT2D eigenvalue weighted by molar-refractivity contribution is 6.31. The Kier molecular flexibility index (Phi) is 5.74. The first kappa shape index (κ1) is 19.7. The Hall–Kier alpha value is -2.57. The number of anilines is 1. The van der Waals surface area contributed by atoms with Gasteiger partial charge in [0, 0.05) is 35.2 Å². The minimum Gasteiger partial charge on any atom is -0.489 e. The molecule has 1 N–H and O–H groups in total. The van der Waals surface area contributed by atoms with Crippen molar-refractivity contribution in [1.29, 1.82) is 0 Å². The van der Waals surface area contributed by atoms with Crippen molar-refractivity contribution in [3.05, 3.63) is 74.8 Å². The topological polar surface area (TPSA) is 73.6 Å². The van der Waals surface area contributed by atoms with Crippen LogP contribution in [0.1, 0.15) is 36.4 Å². The van der Waals surface area contributed by atoms with Gasteiger partial charge < -0.3 is 14.8 Å². The Balaban J connectivity index is 1.70. The lowest BCUT2D eigenvalue weighted by Gasteiger charge is -2.38. The number of nitro benzene ring substituents is 1. The molecule has 0 saturated carbocycles. The molecule has 0 spiro atoms. The van der Waals surface area contributed by atoms with Gasteiger partial charge in [0.2, 0.25) is 0 Å². The van der Waals surface area contributed by atoms with Crippen molar-refractivity contribution >= 4 is 23.0 Å². The Morgan fingerprint density at radius 3 is 2.90 bits per heavy atom. The molecule has 0 saturated heterocycles. The van der Waals surface area contributed by atoms with Crippen LogP contribution in [-0.4, -0.2) is 24.7 Å². The maximum atomic E-state index is 11.3. The summed E-state index contributed by atoms with van der Waals surface area (Å²) in [4.78, 5) is 10.9. The molecule has 152 valence electrons. The maximum absolute atomic E-state index is 11.3. The number of allylic oxidation sites excluding steroid dienone is 2. The predicted octanol–water partition coefficient (Wildman–Crippen LogP) is 5.49. The zero-order valence-electron chi connectivity index (χ0n) is 16.1. The number of para-hydroxylation sites is 1. The SMILES string of the molecule is CCOCCOc1cccc2c1NC(c1cc([N+](=O)[O-])ccc1Cl)C1CC=CC21. The van der Waals surface area contributed by atoms with Crippen LogP contribution in [0.5, 0.6) is 5.75 Å². The second-order valence-electron chi connectivity index (χ2n) is 7.20. The molecule has 0 bridgehead atoms. The second-order valence-corrected chi connectivity index (χ2v) is 7.61. The molecule has 29 heavy (non-hydrogen) atoms. The smallest absolute Gasteiger partial charge is 0.269 e. The third-order valence-corrected chi connectivity index (χ3v) is 5.92. The monoisotopic (exact) mass is 414 g/mol. The molecule has 6 nitrogen and oxygen atoms in total. The summed E-state index contributed by atoms with van der Waals surface area (Å²) in [6, 6.07) is 10.5. The summed E-state index contributed by atoms with van der Waals surface area (Å²) in [5.74, 6) is 1.20. The molecular weight excluding hydrogens is 392 g/mol. The quantitative estimate of drug-likeness (QED) is 0.280. The maximum Gasteiger partial charge on any atom is 0.269 e. The molecule has 3 atom stereocenters. The molecular formula is C22H23ClN2O4. The molecule has 1 aliphatic heterocycles. The standard InChI is InChI=1S/C22H23ClN2O4/c1-2-28-11-12-29-20-8-4-7-17-15-5-3-6-16(15)21(24-22(17)20)18-13-14(25(26)27)9-10-19(18)23/h3-5,7-10,13,15-16,21,24H,2,6,11-12H2,1H3. The van der Waals surface area contributed by atoms with Crippen molar-refractivity contribution < 1.29 is 14.4 Å². The van der Waals surface area contributed by atoms with Gasteiger partial charge in [0.05, 0.1) is 23.3 Å². The Morgan fingerprint density at radius 1 is 1.24 bits per heavy atom. The van der Waals surface area contributed by atoms with Crippen molar-refractivity contribution in [2.75, 3.05) is 25.1 Å². The van der Waals surface area contributed by atoms with Gasteiger partial charge >= 0.3 is 0 Å². The summed E-state index contributed by atoms with van der Waals surface area (Å²) in [6.45, 7) is 3.58. The van der Waals surface area contributed by atoms with Crippen LogP contribution in [0.2, 0.25) is 5.02 Å². The van der Waals surface area contributed by atoms with Gasteiger partial charge in [-0.3, -0.25) is 10.1 Å². The molecule has 1 aliphatic carbocycles. The molecule has 0 aromatic heterocycles. The molecule has 3 unspecified atom stereocenters. The average Bonchev–Trinajstić information content (AvgIpc) is 3.21. The number of fused-ring (bicyclic) bond motifs is 3. The lowest BCUT2D eigenvalue weighted by Crippen LogP contribution is -2.29. The van der Waals surface area contributed by atoms with E-state index in [9.17, 15) is 10.1 Å². The molecule has 7 heteroatoms. The van der Waals surface area contributed by atoms with Crippen molar-refractivity contribution in [1.82, 2.24) is 0 Å². The van der Waals surface area contributed by atoms with Gasteiger partial charge in [-0.2, -0.15) is 0 Å². The van der Waals surface area contributed by atoms with E-state index in [-0.39, 0.29) is 28.5 Å². The van der Waals surface area contributed by atoms with E-state index >= 15 is 0 Å². The first-order chi connectivity index (χ1) is 14.1. The fraction of sp³-hybridized carbons (Fsp3) is 0.364. The van der Waals surface area contributed by atoms with E-state index in [1.54, 1.807) is 12.1 Å². The van der Waals surface area contributed by atoms with Crippen molar-refractivity contribution in [2.45, 2.75) is 25.3 Å². The average molecular weight is 415 g/mol. The number of hydrogen-bond acceptors (Lipinski definition) is 5. The van der Waals surface area contributed by atoms with Gasteiger partial charge in [-0.1, -0.05) is 35.9 Å². The molecule has 0 radical (unpaired) electrons. The van der Waals surface area contributed by atoms with E-state index in [4.69, 9.17) is 21.1 Å². The Labute approximate surface area is 174 Å². The van der Waals surface area contributed by atoms with Crippen LogP contribution in [0.3, 0.4) is 0 Å². The molecule has 0 amide bonds. The number of halogens is 1. The zero-order chi connectivity index (χ0) is 20.4. The minimum atomic E-state index is -0.386. The second kappa shape index (κ2) is 8.43.